The molecule has 1 aliphatic rings. The third-order valence-electron chi connectivity index (χ3n) is 5.20. The van der Waals surface area contributed by atoms with Gasteiger partial charge in [0.25, 0.3) is 0 Å². The van der Waals surface area contributed by atoms with Crippen molar-refractivity contribution in [1.29, 1.82) is 0 Å². The van der Waals surface area contributed by atoms with E-state index < -0.39 is 24.2 Å². The van der Waals surface area contributed by atoms with E-state index in [1.807, 2.05) is 0 Å². The summed E-state index contributed by atoms with van der Waals surface area (Å²) in [7, 11) is 0. The van der Waals surface area contributed by atoms with Crippen molar-refractivity contribution in [3.63, 3.8) is 0 Å². The molecule has 0 aliphatic carbocycles. The number of nitrogens with one attached hydrogen (secondary N) is 3. The van der Waals surface area contributed by atoms with Gasteiger partial charge in [0, 0.05) is 19.0 Å². The Morgan fingerprint density at radius 2 is 2.12 bits per heavy atom. The fourth-order valence-electron chi connectivity index (χ4n) is 3.48. The number of nitrogens with zero attached hydrogens (tertiary/aromatic N) is 3. The molecule has 3 aromatic rings. The molecule has 4 N–H and O–H groups in total. The van der Waals surface area contributed by atoms with Crippen LogP contribution in [0.25, 0.3) is 11.1 Å². The maximum absolute atomic E-state index is 14.9. The zero-order valence-electron chi connectivity index (χ0n) is 17.8. The van der Waals surface area contributed by atoms with Crippen LogP contribution in [0.3, 0.4) is 0 Å². The second-order valence-corrected chi connectivity index (χ2v) is 7.58. The molecule has 4 rings (SSSR count). The largest absolute Gasteiger partial charge is 0.442 e. The minimum absolute atomic E-state index is 0.198. The summed E-state index contributed by atoms with van der Waals surface area (Å²) in [5, 5.41) is 25.9. The second-order valence-electron chi connectivity index (χ2n) is 7.58. The molecule has 10 nitrogen and oxygen atoms in total. The van der Waals surface area contributed by atoms with E-state index in [-0.39, 0.29) is 19.0 Å². The number of aliphatic hydroxyl groups is 1. The van der Waals surface area contributed by atoms with E-state index in [9.17, 15) is 19.1 Å². The van der Waals surface area contributed by atoms with Crippen LogP contribution in [0.15, 0.2) is 48.7 Å². The second kappa shape index (κ2) is 9.76. The first-order chi connectivity index (χ1) is 15.9. The molecular formula is C22H23FN6O4. The van der Waals surface area contributed by atoms with Crippen molar-refractivity contribution >= 4 is 17.7 Å². The average Bonchev–Trinajstić information content (AvgIpc) is 3.45. The summed E-state index contributed by atoms with van der Waals surface area (Å²) in [6.45, 7) is 2.13. The lowest BCUT2D eigenvalue weighted by Gasteiger charge is -2.15. The van der Waals surface area contributed by atoms with E-state index in [1.165, 1.54) is 17.9 Å². The topological polar surface area (TPSA) is 132 Å². The van der Waals surface area contributed by atoms with Crippen molar-refractivity contribution in [3.05, 3.63) is 65.7 Å². The van der Waals surface area contributed by atoms with Gasteiger partial charge in [-0.3, -0.25) is 15.0 Å². The van der Waals surface area contributed by atoms with Gasteiger partial charge in [0.05, 0.1) is 30.7 Å². The first kappa shape index (κ1) is 22.4. The van der Waals surface area contributed by atoms with Crippen molar-refractivity contribution < 1.29 is 23.8 Å². The molecule has 33 heavy (non-hydrogen) atoms. The smallest absolute Gasteiger partial charge is 0.414 e. The Morgan fingerprint density at radius 1 is 1.33 bits per heavy atom. The lowest BCUT2D eigenvalue weighted by atomic mass is 10.0. The van der Waals surface area contributed by atoms with Gasteiger partial charge in [0.15, 0.2) is 0 Å². The highest BCUT2D eigenvalue weighted by atomic mass is 19.1. The number of aliphatic hydroxyl groups excluding tert-OH is 1. The molecule has 11 heteroatoms. The Balaban J connectivity index is 1.41. The molecule has 2 amide bonds. The zero-order chi connectivity index (χ0) is 23.4. The number of benzene rings is 2. The number of ether oxygens (including phenoxy) is 1. The maximum Gasteiger partial charge on any atom is 0.414 e. The number of aromatic amines is 1. The Hall–Kier alpha value is -3.83. The maximum atomic E-state index is 14.9. The minimum Gasteiger partial charge on any atom is -0.442 e. The third kappa shape index (κ3) is 5.33. The van der Waals surface area contributed by atoms with E-state index in [1.54, 1.807) is 42.6 Å². The Morgan fingerprint density at radius 3 is 2.79 bits per heavy atom. The molecular weight excluding hydrogens is 431 g/mol. The van der Waals surface area contributed by atoms with E-state index in [0.29, 0.717) is 34.6 Å². The molecule has 1 saturated heterocycles. The number of amides is 2. The van der Waals surface area contributed by atoms with Crippen molar-refractivity contribution in [2.45, 2.75) is 25.8 Å². The summed E-state index contributed by atoms with van der Waals surface area (Å²) < 4.78 is 20.1. The van der Waals surface area contributed by atoms with Crippen molar-refractivity contribution in [2.75, 3.05) is 18.0 Å². The van der Waals surface area contributed by atoms with Gasteiger partial charge in [-0.25, -0.2) is 9.18 Å². The fraction of sp³-hybridized carbons (Fsp3) is 0.273. The molecule has 172 valence electrons. The summed E-state index contributed by atoms with van der Waals surface area (Å²) in [6.07, 6.45) is -0.454. The van der Waals surface area contributed by atoms with Gasteiger partial charge >= 0.3 is 6.09 Å². The summed E-state index contributed by atoms with van der Waals surface area (Å²) in [5.74, 6) is -0.716. The predicted octanol–water partition coefficient (Wildman–Crippen LogP) is 1.85. The molecule has 1 aromatic heterocycles. The fourth-order valence-corrected chi connectivity index (χ4v) is 3.48. The average molecular weight is 454 g/mol. The SMILES string of the molecule is CC(=O)NC[C@H]1CN(c2ccc(-c3ccc(C(O)NCc4cn[nH]n4)cc3)c(F)c2)C(=O)O1. The van der Waals surface area contributed by atoms with Gasteiger partial charge in [-0.05, 0) is 29.3 Å². The van der Waals surface area contributed by atoms with Crippen LogP contribution in [0.1, 0.15) is 24.4 Å². The van der Waals surface area contributed by atoms with Crippen molar-refractivity contribution in [1.82, 2.24) is 26.0 Å². The number of aromatic nitrogens is 3. The predicted molar refractivity (Wildman–Crippen MR) is 116 cm³/mol. The van der Waals surface area contributed by atoms with Crippen LogP contribution in [-0.2, 0) is 16.1 Å². The van der Waals surface area contributed by atoms with Gasteiger partial charge in [-0.15, -0.1) is 0 Å². The van der Waals surface area contributed by atoms with Crippen LogP contribution >= 0.6 is 0 Å². The highest BCUT2D eigenvalue weighted by Crippen LogP contribution is 2.29. The molecule has 0 radical (unpaired) electrons. The molecule has 2 atom stereocenters. The molecule has 1 unspecified atom stereocenters. The van der Waals surface area contributed by atoms with Crippen LogP contribution in [-0.4, -0.2) is 51.7 Å². The molecule has 0 bridgehead atoms. The summed E-state index contributed by atoms with van der Waals surface area (Å²) in [5.41, 5.74) is 2.63. The molecule has 1 fully saturated rings. The van der Waals surface area contributed by atoms with Crippen LogP contribution in [0, 0.1) is 5.82 Å². The Bertz CT molecular complexity index is 1120. The summed E-state index contributed by atoms with van der Waals surface area (Å²) >= 11 is 0. The first-order valence-corrected chi connectivity index (χ1v) is 10.3. The Kier molecular flexibility index (Phi) is 6.61. The van der Waals surface area contributed by atoms with Crippen molar-refractivity contribution in [2.24, 2.45) is 0 Å². The first-order valence-electron chi connectivity index (χ1n) is 10.3. The van der Waals surface area contributed by atoms with Gasteiger partial charge < -0.3 is 15.2 Å². The number of halogens is 1. The summed E-state index contributed by atoms with van der Waals surface area (Å²) in [6, 6.07) is 11.3. The van der Waals surface area contributed by atoms with Crippen LogP contribution in [0.4, 0.5) is 14.9 Å². The number of anilines is 1. The highest BCUT2D eigenvalue weighted by Gasteiger charge is 2.32. The zero-order valence-corrected chi connectivity index (χ0v) is 17.8. The third-order valence-corrected chi connectivity index (χ3v) is 5.20. The van der Waals surface area contributed by atoms with Gasteiger partial charge in [0.1, 0.15) is 18.1 Å². The number of carbonyl (C=O) groups excluding carboxylic acids is 2. The summed E-state index contributed by atoms with van der Waals surface area (Å²) in [4.78, 5) is 24.5. The standard InChI is InChI=1S/C22H23FN6O4/c1-13(30)24-11-18-12-29(22(32)33-18)17-6-7-19(20(23)8-17)14-2-4-15(5-3-14)21(31)25-9-16-10-26-28-27-16/h2-8,10,18,21,25,31H,9,11-12H2,1H3,(H,24,30)(H,26,27,28)/t18-,21?/m0/s1. The number of H-pyrrole nitrogens is 1. The van der Waals surface area contributed by atoms with E-state index in [2.05, 4.69) is 26.0 Å². The monoisotopic (exact) mass is 454 g/mol. The van der Waals surface area contributed by atoms with Crippen LogP contribution < -0.4 is 15.5 Å². The van der Waals surface area contributed by atoms with Gasteiger partial charge in [-0.2, -0.15) is 15.4 Å². The van der Waals surface area contributed by atoms with Crippen LogP contribution in [0.5, 0.6) is 0 Å². The lowest BCUT2D eigenvalue weighted by molar-refractivity contribution is -0.119. The highest BCUT2D eigenvalue weighted by molar-refractivity contribution is 5.90. The molecule has 2 heterocycles. The number of hydrogen-bond donors (Lipinski definition) is 4. The quantitative estimate of drug-likeness (QED) is 0.382. The minimum atomic E-state index is -0.922. The van der Waals surface area contributed by atoms with Gasteiger partial charge in [-0.1, -0.05) is 24.3 Å². The number of cyclic esters (lactones) is 1. The number of hydrogen-bond acceptors (Lipinski definition) is 7. The van der Waals surface area contributed by atoms with E-state index in [0.717, 1.165) is 0 Å². The number of carbonyl (C=O) groups is 2. The molecule has 2 aromatic carbocycles. The van der Waals surface area contributed by atoms with E-state index in [4.69, 9.17) is 4.74 Å². The van der Waals surface area contributed by atoms with Gasteiger partial charge in [0.2, 0.25) is 5.91 Å². The van der Waals surface area contributed by atoms with E-state index >= 15 is 0 Å². The molecule has 1 aliphatic heterocycles. The Labute approximate surface area is 188 Å². The van der Waals surface area contributed by atoms with Crippen molar-refractivity contribution in [3.8, 4) is 11.1 Å². The normalized spacial score (nSPS) is 16.5. The van der Waals surface area contributed by atoms with Crippen LogP contribution in [0.2, 0.25) is 0 Å². The number of rotatable bonds is 8. The molecule has 0 saturated carbocycles. The lowest BCUT2D eigenvalue weighted by Crippen LogP contribution is -2.33. The molecule has 0 spiro atoms.